The van der Waals surface area contributed by atoms with Gasteiger partial charge in [0, 0.05) is 13.1 Å². The van der Waals surface area contributed by atoms with E-state index in [0.717, 1.165) is 6.20 Å². The van der Waals surface area contributed by atoms with E-state index >= 15 is 0 Å². The Bertz CT molecular complexity index is 488. The Morgan fingerprint density at radius 2 is 2.35 bits per heavy atom. The summed E-state index contributed by atoms with van der Waals surface area (Å²) in [5.41, 5.74) is -0.0882. The zero-order valence-corrected chi connectivity index (χ0v) is 9.41. The van der Waals surface area contributed by atoms with E-state index in [4.69, 9.17) is 4.74 Å². The minimum absolute atomic E-state index is 0.101. The van der Waals surface area contributed by atoms with Crippen molar-refractivity contribution in [3.8, 4) is 5.88 Å². The molecule has 1 amide bonds. The van der Waals surface area contributed by atoms with E-state index in [9.17, 15) is 14.9 Å². The van der Waals surface area contributed by atoms with Gasteiger partial charge in [-0.2, -0.15) is 0 Å². The molecule has 7 nitrogen and oxygen atoms in total. The summed E-state index contributed by atoms with van der Waals surface area (Å²) in [5.74, 6) is -0.169. The molecule has 1 aliphatic rings. The van der Waals surface area contributed by atoms with Gasteiger partial charge >= 0.3 is 0 Å². The first-order valence-corrected chi connectivity index (χ1v) is 5.05. The quantitative estimate of drug-likeness (QED) is 0.533. The highest BCUT2D eigenvalue weighted by molar-refractivity contribution is 5.97. The van der Waals surface area contributed by atoms with Crippen molar-refractivity contribution in [2.24, 2.45) is 0 Å². The van der Waals surface area contributed by atoms with E-state index in [0.29, 0.717) is 6.61 Å². The lowest BCUT2D eigenvalue weighted by Crippen LogP contribution is -2.36. The van der Waals surface area contributed by atoms with Crippen LogP contribution in [-0.2, 0) is 0 Å². The summed E-state index contributed by atoms with van der Waals surface area (Å²) in [4.78, 5) is 27.3. The van der Waals surface area contributed by atoms with Crippen molar-refractivity contribution in [2.45, 2.75) is 13.0 Å². The number of aromatic nitrogens is 1. The fourth-order valence-corrected chi connectivity index (χ4v) is 1.51. The number of nitro groups is 1. The van der Waals surface area contributed by atoms with E-state index in [1.807, 2.05) is 6.92 Å². The van der Waals surface area contributed by atoms with E-state index in [1.54, 1.807) is 7.05 Å². The van der Waals surface area contributed by atoms with Crippen LogP contribution in [0.25, 0.3) is 0 Å². The van der Waals surface area contributed by atoms with Crippen molar-refractivity contribution < 1.29 is 14.5 Å². The van der Waals surface area contributed by atoms with Gasteiger partial charge in [-0.05, 0) is 6.92 Å². The van der Waals surface area contributed by atoms with Crippen LogP contribution in [0.1, 0.15) is 17.3 Å². The Kier molecular flexibility index (Phi) is 2.66. The molecule has 2 heterocycles. The molecule has 0 saturated carbocycles. The third kappa shape index (κ3) is 1.91. The molecule has 0 bridgehead atoms. The van der Waals surface area contributed by atoms with Crippen molar-refractivity contribution in [1.29, 1.82) is 0 Å². The van der Waals surface area contributed by atoms with Crippen molar-refractivity contribution in [1.82, 2.24) is 9.88 Å². The Balaban J connectivity index is 2.50. The first-order valence-electron chi connectivity index (χ1n) is 5.05. The smallest absolute Gasteiger partial charge is 0.288 e. The molecule has 17 heavy (non-hydrogen) atoms. The van der Waals surface area contributed by atoms with Crippen LogP contribution in [0, 0.1) is 10.1 Å². The molecule has 0 radical (unpaired) electrons. The first-order chi connectivity index (χ1) is 8.00. The monoisotopic (exact) mass is 237 g/mol. The number of ether oxygens (including phenoxy) is 1. The molecular weight excluding hydrogens is 226 g/mol. The highest BCUT2D eigenvalue weighted by atomic mass is 16.6. The number of pyridine rings is 1. The van der Waals surface area contributed by atoms with E-state index in [-0.39, 0.29) is 29.1 Å². The Hall–Kier alpha value is -2.18. The third-order valence-corrected chi connectivity index (χ3v) is 2.72. The van der Waals surface area contributed by atoms with Gasteiger partial charge in [-0.15, -0.1) is 0 Å². The van der Waals surface area contributed by atoms with Crippen LogP contribution in [0.2, 0.25) is 0 Å². The lowest BCUT2D eigenvalue weighted by molar-refractivity contribution is -0.385. The van der Waals surface area contributed by atoms with Crippen LogP contribution in [0.4, 0.5) is 5.69 Å². The number of amides is 1. The molecule has 1 atom stereocenters. The van der Waals surface area contributed by atoms with Crippen LogP contribution in [0.15, 0.2) is 12.3 Å². The minimum atomic E-state index is -0.588. The molecule has 0 unspecified atom stereocenters. The first kappa shape index (κ1) is 11.3. The predicted octanol–water partition coefficient (Wildman–Crippen LogP) is 0.843. The summed E-state index contributed by atoms with van der Waals surface area (Å²) in [5, 5.41) is 10.6. The summed E-state index contributed by atoms with van der Waals surface area (Å²) < 4.78 is 5.34. The number of carbonyl (C=O) groups excluding carboxylic acids is 1. The molecule has 1 aromatic rings. The average Bonchev–Trinajstić information content (AvgIpc) is 2.42. The maximum atomic E-state index is 12.0. The van der Waals surface area contributed by atoms with Gasteiger partial charge in [-0.1, -0.05) is 0 Å². The standard InChI is InChI=1S/C10H11N3O4/c1-6-5-17-9-8(10(14)12(6)2)3-7(4-11-9)13(15)16/h3-4,6H,5H2,1-2H3/t6-/m0/s1. The molecule has 0 N–H and O–H groups in total. The molecule has 0 aliphatic carbocycles. The number of fused-ring (bicyclic) bond motifs is 1. The highest BCUT2D eigenvalue weighted by Crippen LogP contribution is 2.25. The topological polar surface area (TPSA) is 85.6 Å². The van der Waals surface area contributed by atoms with Gasteiger partial charge in [0.05, 0.1) is 11.0 Å². The molecule has 7 heteroatoms. The second-order valence-corrected chi connectivity index (χ2v) is 3.88. The normalized spacial score (nSPS) is 19.3. The van der Waals surface area contributed by atoms with Gasteiger partial charge in [0.15, 0.2) is 0 Å². The molecule has 0 saturated heterocycles. The van der Waals surface area contributed by atoms with Gasteiger partial charge < -0.3 is 9.64 Å². The van der Waals surface area contributed by atoms with Crippen LogP contribution in [0.5, 0.6) is 5.88 Å². The fraction of sp³-hybridized carbons (Fsp3) is 0.400. The van der Waals surface area contributed by atoms with Gasteiger partial charge in [-0.3, -0.25) is 14.9 Å². The van der Waals surface area contributed by atoms with Crippen molar-refractivity contribution in [3.63, 3.8) is 0 Å². The number of rotatable bonds is 1. The lowest BCUT2D eigenvalue weighted by atomic mass is 10.2. The summed E-state index contributed by atoms with van der Waals surface area (Å²) in [6.07, 6.45) is 1.09. The number of carbonyl (C=O) groups is 1. The highest BCUT2D eigenvalue weighted by Gasteiger charge is 2.28. The zero-order valence-electron chi connectivity index (χ0n) is 9.41. The summed E-state index contributed by atoms with van der Waals surface area (Å²) >= 11 is 0. The molecule has 1 aromatic heterocycles. The Labute approximate surface area is 97.2 Å². The maximum Gasteiger partial charge on any atom is 0.288 e. The molecule has 0 aromatic carbocycles. The Morgan fingerprint density at radius 3 is 3.00 bits per heavy atom. The molecule has 0 fully saturated rings. The van der Waals surface area contributed by atoms with Crippen molar-refractivity contribution in [2.75, 3.05) is 13.7 Å². The second-order valence-electron chi connectivity index (χ2n) is 3.88. The number of likely N-dealkylation sites (N-methyl/N-ethyl adjacent to an activating group) is 1. The van der Waals surface area contributed by atoms with Crippen LogP contribution in [-0.4, -0.2) is 40.4 Å². The van der Waals surface area contributed by atoms with Crippen LogP contribution >= 0.6 is 0 Å². The van der Waals surface area contributed by atoms with Gasteiger partial charge in [0.2, 0.25) is 5.88 Å². The largest absolute Gasteiger partial charge is 0.475 e. The molecule has 90 valence electrons. The number of hydrogen-bond donors (Lipinski definition) is 0. The van der Waals surface area contributed by atoms with Gasteiger partial charge in [-0.25, -0.2) is 4.98 Å². The molecule has 2 rings (SSSR count). The third-order valence-electron chi connectivity index (χ3n) is 2.72. The van der Waals surface area contributed by atoms with Crippen LogP contribution in [0.3, 0.4) is 0 Å². The summed E-state index contributed by atoms with van der Waals surface area (Å²) in [7, 11) is 1.63. The SMILES string of the molecule is C[C@H]1COc2ncc([N+](=O)[O-])cc2C(=O)N1C. The van der Waals surface area contributed by atoms with Gasteiger partial charge in [0.25, 0.3) is 11.6 Å². The van der Waals surface area contributed by atoms with E-state index in [2.05, 4.69) is 4.98 Å². The summed E-state index contributed by atoms with van der Waals surface area (Å²) in [6, 6.07) is 1.09. The average molecular weight is 237 g/mol. The number of hydrogen-bond acceptors (Lipinski definition) is 5. The fourth-order valence-electron chi connectivity index (χ4n) is 1.51. The van der Waals surface area contributed by atoms with Crippen LogP contribution < -0.4 is 4.74 Å². The van der Waals surface area contributed by atoms with Crippen molar-refractivity contribution in [3.05, 3.63) is 27.9 Å². The van der Waals surface area contributed by atoms with Crippen molar-refractivity contribution >= 4 is 11.6 Å². The zero-order chi connectivity index (χ0) is 12.6. The lowest BCUT2D eigenvalue weighted by Gasteiger charge is -2.20. The molecular formula is C10H11N3O4. The predicted molar refractivity (Wildman–Crippen MR) is 57.9 cm³/mol. The second kappa shape index (κ2) is 4.00. The minimum Gasteiger partial charge on any atom is -0.475 e. The molecule has 1 aliphatic heterocycles. The van der Waals surface area contributed by atoms with Gasteiger partial charge in [0.1, 0.15) is 18.4 Å². The Morgan fingerprint density at radius 1 is 1.65 bits per heavy atom. The molecule has 0 spiro atoms. The number of nitrogens with zero attached hydrogens (tertiary/aromatic N) is 3. The van der Waals surface area contributed by atoms with E-state index < -0.39 is 4.92 Å². The van der Waals surface area contributed by atoms with E-state index in [1.165, 1.54) is 11.0 Å². The maximum absolute atomic E-state index is 12.0. The summed E-state index contributed by atoms with van der Waals surface area (Å²) in [6.45, 7) is 2.15.